The summed E-state index contributed by atoms with van der Waals surface area (Å²) in [5, 5.41) is 19.0. The van der Waals surface area contributed by atoms with Gasteiger partial charge in [0, 0.05) is 17.0 Å². The van der Waals surface area contributed by atoms with Crippen molar-refractivity contribution in [3.05, 3.63) is 76.9 Å². The fourth-order valence-corrected chi connectivity index (χ4v) is 3.26. The summed E-state index contributed by atoms with van der Waals surface area (Å²) in [4.78, 5) is 13.0. The molecule has 0 fully saturated rings. The van der Waals surface area contributed by atoms with Crippen molar-refractivity contribution in [2.75, 3.05) is 0 Å². The first-order valence-electron chi connectivity index (χ1n) is 10.1. The molecule has 2 heterocycles. The number of hydrogen-bond acceptors (Lipinski definition) is 6. The molecule has 0 aliphatic heterocycles. The first kappa shape index (κ1) is 20.5. The Labute approximate surface area is 180 Å². The lowest BCUT2D eigenvalue weighted by Gasteiger charge is -2.12. The van der Waals surface area contributed by atoms with Gasteiger partial charge in [-0.1, -0.05) is 48.8 Å². The van der Waals surface area contributed by atoms with Crippen molar-refractivity contribution in [1.82, 2.24) is 30.7 Å². The highest BCUT2D eigenvalue weighted by atomic mass is 16.5. The maximum Gasteiger partial charge on any atom is 0.251 e. The molecule has 0 spiro atoms. The van der Waals surface area contributed by atoms with Crippen LogP contribution in [0.3, 0.4) is 0 Å². The summed E-state index contributed by atoms with van der Waals surface area (Å²) in [5.74, 6) is 0.646. The predicted octanol–water partition coefficient (Wildman–Crippen LogP) is 3.99. The van der Waals surface area contributed by atoms with Gasteiger partial charge in [0.05, 0.1) is 12.2 Å². The van der Waals surface area contributed by atoms with E-state index in [1.165, 1.54) is 5.56 Å². The quantitative estimate of drug-likeness (QED) is 0.510. The van der Waals surface area contributed by atoms with E-state index < -0.39 is 0 Å². The van der Waals surface area contributed by atoms with Gasteiger partial charge in [-0.3, -0.25) is 4.79 Å². The number of hydrogen-bond donors (Lipinski definition) is 1. The standard InChI is InChI=1S/C23H24N6O2/c1-14(2)22-25-27-28-29(22)20-10-18(17-7-5-15(3)6-8-17)9-19(11-20)23(30)24-12-21-16(4)13-31-26-21/h5-11,13-14H,12H2,1-4H3,(H,24,30). The van der Waals surface area contributed by atoms with Crippen molar-refractivity contribution < 1.29 is 9.32 Å². The summed E-state index contributed by atoms with van der Waals surface area (Å²) in [5.41, 5.74) is 5.92. The fourth-order valence-electron chi connectivity index (χ4n) is 3.26. The summed E-state index contributed by atoms with van der Waals surface area (Å²) in [6.07, 6.45) is 1.56. The van der Waals surface area contributed by atoms with Gasteiger partial charge in [-0.15, -0.1) is 5.10 Å². The molecule has 0 saturated carbocycles. The van der Waals surface area contributed by atoms with E-state index in [1.807, 2.05) is 64.1 Å². The van der Waals surface area contributed by atoms with Gasteiger partial charge in [0.15, 0.2) is 5.82 Å². The highest BCUT2D eigenvalue weighted by Gasteiger charge is 2.16. The fraction of sp³-hybridized carbons (Fsp3) is 0.261. The zero-order valence-electron chi connectivity index (χ0n) is 18.0. The van der Waals surface area contributed by atoms with Crippen LogP contribution in [0.2, 0.25) is 0 Å². The zero-order valence-corrected chi connectivity index (χ0v) is 18.0. The summed E-state index contributed by atoms with van der Waals surface area (Å²) in [6.45, 7) is 8.27. The second-order valence-electron chi connectivity index (χ2n) is 7.87. The molecule has 158 valence electrons. The minimum atomic E-state index is -0.211. The lowest BCUT2D eigenvalue weighted by atomic mass is 10.0. The van der Waals surface area contributed by atoms with Crippen molar-refractivity contribution in [3.8, 4) is 16.8 Å². The van der Waals surface area contributed by atoms with Crippen LogP contribution in [0.1, 0.15) is 52.8 Å². The maximum absolute atomic E-state index is 13.0. The normalized spacial score (nSPS) is 11.1. The average Bonchev–Trinajstić information content (AvgIpc) is 3.41. The van der Waals surface area contributed by atoms with E-state index >= 15 is 0 Å². The molecule has 0 radical (unpaired) electrons. The number of rotatable bonds is 6. The average molecular weight is 416 g/mol. The Kier molecular flexibility index (Phi) is 5.62. The molecule has 4 aromatic rings. The summed E-state index contributed by atoms with van der Waals surface area (Å²) in [7, 11) is 0. The Bertz CT molecular complexity index is 1210. The van der Waals surface area contributed by atoms with Crippen LogP contribution in [-0.4, -0.2) is 31.3 Å². The number of carbonyl (C=O) groups excluding carboxylic acids is 1. The summed E-state index contributed by atoms with van der Waals surface area (Å²) < 4.78 is 6.63. The molecule has 0 aliphatic carbocycles. The van der Waals surface area contributed by atoms with Gasteiger partial charge >= 0.3 is 0 Å². The molecule has 2 aromatic carbocycles. The first-order valence-corrected chi connectivity index (χ1v) is 10.1. The molecule has 0 bridgehead atoms. The van der Waals surface area contributed by atoms with E-state index in [2.05, 4.69) is 26.0 Å². The number of nitrogens with zero attached hydrogens (tertiary/aromatic N) is 5. The second-order valence-corrected chi connectivity index (χ2v) is 7.87. The topological polar surface area (TPSA) is 98.7 Å². The third-order valence-electron chi connectivity index (χ3n) is 5.08. The number of benzene rings is 2. The molecule has 0 saturated heterocycles. The highest BCUT2D eigenvalue weighted by Crippen LogP contribution is 2.26. The van der Waals surface area contributed by atoms with Gasteiger partial charge in [-0.2, -0.15) is 4.68 Å². The predicted molar refractivity (Wildman–Crippen MR) is 116 cm³/mol. The minimum Gasteiger partial charge on any atom is -0.364 e. The first-order chi connectivity index (χ1) is 14.9. The Morgan fingerprint density at radius 3 is 2.55 bits per heavy atom. The monoisotopic (exact) mass is 416 g/mol. The van der Waals surface area contributed by atoms with Crippen molar-refractivity contribution in [3.63, 3.8) is 0 Å². The molecule has 0 atom stereocenters. The molecular formula is C23H24N6O2. The number of carbonyl (C=O) groups is 1. The van der Waals surface area contributed by atoms with Crippen molar-refractivity contribution in [2.45, 2.75) is 40.2 Å². The number of tetrazole rings is 1. The Balaban J connectivity index is 1.74. The zero-order chi connectivity index (χ0) is 22.0. The van der Waals surface area contributed by atoms with Crippen molar-refractivity contribution in [1.29, 1.82) is 0 Å². The smallest absolute Gasteiger partial charge is 0.251 e. The van der Waals surface area contributed by atoms with Crippen LogP contribution in [0, 0.1) is 13.8 Å². The molecule has 4 rings (SSSR count). The van der Waals surface area contributed by atoms with E-state index in [1.54, 1.807) is 17.0 Å². The Hall–Kier alpha value is -3.81. The molecule has 2 aromatic heterocycles. The molecule has 31 heavy (non-hydrogen) atoms. The number of aryl methyl sites for hydroxylation is 2. The molecule has 8 heteroatoms. The second kappa shape index (κ2) is 8.51. The number of amides is 1. The number of nitrogens with one attached hydrogen (secondary N) is 1. The third kappa shape index (κ3) is 4.37. The molecular weight excluding hydrogens is 392 g/mol. The van der Waals surface area contributed by atoms with E-state index in [0.717, 1.165) is 28.2 Å². The van der Waals surface area contributed by atoms with Crippen LogP contribution in [0.5, 0.6) is 0 Å². The minimum absolute atomic E-state index is 0.130. The van der Waals surface area contributed by atoms with Crippen LogP contribution in [0.15, 0.2) is 53.3 Å². The van der Waals surface area contributed by atoms with Crippen molar-refractivity contribution >= 4 is 5.91 Å². The lowest BCUT2D eigenvalue weighted by molar-refractivity contribution is 0.0950. The Morgan fingerprint density at radius 1 is 1.10 bits per heavy atom. The van der Waals surface area contributed by atoms with Crippen LogP contribution < -0.4 is 5.32 Å². The molecule has 1 N–H and O–H groups in total. The number of aromatic nitrogens is 5. The SMILES string of the molecule is Cc1ccc(-c2cc(C(=O)NCc3nocc3C)cc(-n3nnnc3C(C)C)c2)cc1. The van der Waals surface area contributed by atoms with Gasteiger partial charge in [-0.25, -0.2) is 0 Å². The van der Waals surface area contributed by atoms with Crippen LogP contribution in [0.25, 0.3) is 16.8 Å². The van der Waals surface area contributed by atoms with E-state index in [9.17, 15) is 4.79 Å². The van der Waals surface area contributed by atoms with E-state index in [4.69, 9.17) is 4.52 Å². The van der Waals surface area contributed by atoms with Crippen molar-refractivity contribution in [2.24, 2.45) is 0 Å². The molecule has 0 unspecified atom stereocenters. The maximum atomic E-state index is 13.0. The van der Waals surface area contributed by atoms with Crippen LogP contribution >= 0.6 is 0 Å². The van der Waals surface area contributed by atoms with Gasteiger partial charge in [-0.05, 0) is 53.6 Å². The van der Waals surface area contributed by atoms with Crippen LogP contribution in [-0.2, 0) is 6.54 Å². The molecule has 1 amide bonds. The van der Waals surface area contributed by atoms with Gasteiger partial charge in [0.25, 0.3) is 5.91 Å². The Morgan fingerprint density at radius 2 is 1.87 bits per heavy atom. The molecule has 0 aliphatic rings. The largest absolute Gasteiger partial charge is 0.364 e. The summed E-state index contributed by atoms with van der Waals surface area (Å²) in [6, 6.07) is 13.8. The van der Waals surface area contributed by atoms with E-state index in [-0.39, 0.29) is 18.4 Å². The summed E-state index contributed by atoms with van der Waals surface area (Å²) >= 11 is 0. The van der Waals surface area contributed by atoms with Gasteiger partial charge in [0.1, 0.15) is 12.0 Å². The van der Waals surface area contributed by atoms with Crippen LogP contribution in [0.4, 0.5) is 0 Å². The third-order valence-corrected chi connectivity index (χ3v) is 5.08. The van der Waals surface area contributed by atoms with Gasteiger partial charge in [0.2, 0.25) is 0 Å². The van der Waals surface area contributed by atoms with Gasteiger partial charge < -0.3 is 9.84 Å². The highest BCUT2D eigenvalue weighted by molar-refractivity contribution is 5.96. The lowest BCUT2D eigenvalue weighted by Crippen LogP contribution is -2.23. The molecule has 8 nitrogen and oxygen atoms in total. The van der Waals surface area contributed by atoms with E-state index in [0.29, 0.717) is 11.3 Å².